The normalized spacial score (nSPS) is 15.7. The maximum absolute atomic E-state index is 13.2. The number of aromatic nitrogens is 2. The standard InChI is InChI=1S/C18H13F2N3O2S/c19-12-3-1-11(2-4-12)18(24)21-17-15-9-26(25)10-16(15)22-23(17)14-7-5-13(20)6-8-14/h1-8H,9-10H2,(H,21,24)/t26-/m1/s1. The van der Waals surface area contributed by atoms with Crippen LogP contribution in [-0.2, 0) is 22.3 Å². The molecule has 0 spiro atoms. The van der Waals surface area contributed by atoms with Gasteiger partial charge in [-0.05, 0) is 48.5 Å². The Hall–Kier alpha value is -2.87. The molecule has 26 heavy (non-hydrogen) atoms. The highest BCUT2D eigenvalue weighted by atomic mass is 32.2. The molecule has 0 unspecified atom stereocenters. The summed E-state index contributed by atoms with van der Waals surface area (Å²) < 4.78 is 39.6. The summed E-state index contributed by atoms with van der Waals surface area (Å²) in [7, 11) is -1.07. The molecule has 1 amide bonds. The van der Waals surface area contributed by atoms with Gasteiger partial charge in [-0.1, -0.05) is 0 Å². The van der Waals surface area contributed by atoms with Crippen LogP contribution in [-0.4, -0.2) is 19.9 Å². The van der Waals surface area contributed by atoms with Gasteiger partial charge in [0.1, 0.15) is 17.5 Å². The van der Waals surface area contributed by atoms with Gasteiger partial charge in [-0.3, -0.25) is 9.00 Å². The Bertz CT molecular complexity index is 1010. The molecular formula is C18H13F2N3O2S. The number of fused-ring (bicyclic) bond motifs is 1. The van der Waals surface area contributed by atoms with E-state index in [-0.39, 0.29) is 17.1 Å². The Morgan fingerprint density at radius 1 is 1.00 bits per heavy atom. The second-order valence-electron chi connectivity index (χ2n) is 5.85. The van der Waals surface area contributed by atoms with Crippen LogP contribution in [0.3, 0.4) is 0 Å². The molecule has 1 aliphatic rings. The van der Waals surface area contributed by atoms with E-state index in [0.29, 0.717) is 28.5 Å². The fraction of sp³-hybridized carbons (Fsp3) is 0.111. The van der Waals surface area contributed by atoms with Crippen molar-refractivity contribution in [2.75, 3.05) is 5.32 Å². The Morgan fingerprint density at radius 3 is 2.27 bits per heavy atom. The summed E-state index contributed by atoms with van der Waals surface area (Å²) in [6.45, 7) is 0. The third kappa shape index (κ3) is 3.03. The number of nitrogens with zero attached hydrogens (tertiary/aromatic N) is 2. The van der Waals surface area contributed by atoms with Crippen LogP contribution in [0.4, 0.5) is 14.6 Å². The van der Waals surface area contributed by atoms with Crippen LogP contribution in [0, 0.1) is 11.6 Å². The molecule has 0 saturated heterocycles. The van der Waals surface area contributed by atoms with Crippen molar-refractivity contribution >= 4 is 22.5 Å². The topological polar surface area (TPSA) is 64.0 Å². The first-order valence-corrected chi connectivity index (χ1v) is 9.28. The lowest BCUT2D eigenvalue weighted by molar-refractivity contribution is 0.102. The van der Waals surface area contributed by atoms with Gasteiger partial charge in [0.25, 0.3) is 5.91 Å². The summed E-state index contributed by atoms with van der Waals surface area (Å²) in [5, 5.41) is 7.20. The molecule has 1 atom stereocenters. The number of hydrogen-bond acceptors (Lipinski definition) is 3. The zero-order valence-corrected chi connectivity index (χ0v) is 14.2. The van der Waals surface area contributed by atoms with Gasteiger partial charge in [0, 0.05) is 21.9 Å². The van der Waals surface area contributed by atoms with Crippen LogP contribution < -0.4 is 5.32 Å². The minimum atomic E-state index is -1.07. The zero-order chi connectivity index (χ0) is 18.3. The molecule has 0 saturated carbocycles. The predicted octanol–water partition coefficient (Wildman–Crippen LogP) is 3.17. The van der Waals surface area contributed by atoms with Gasteiger partial charge >= 0.3 is 0 Å². The molecule has 0 radical (unpaired) electrons. The average molecular weight is 373 g/mol. The first-order chi connectivity index (χ1) is 12.5. The molecule has 2 heterocycles. The SMILES string of the molecule is O=C(Nc1c2c(nn1-c1ccc(F)cc1)C[S@](=O)C2)c1ccc(F)cc1. The third-order valence-corrected chi connectivity index (χ3v) is 5.29. The van der Waals surface area contributed by atoms with Gasteiger partial charge in [0.05, 0.1) is 22.9 Å². The highest BCUT2D eigenvalue weighted by Crippen LogP contribution is 2.31. The van der Waals surface area contributed by atoms with Crippen LogP contribution in [0.1, 0.15) is 21.6 Å². The summed E-state index contributed by atoms with van der Waals surface area (Å²) in [4.78, 5) is 12.5. The fourth-order valence-corrected chi connectivity index (χ4v) is 4.07. The first-order valence-electron chi connectivity index (χ1n) is 7.80. The van der Waals surface area contributed by atoms with Crippen molar-refractivity contribution in [1.82, 2.24) is 9.78 Å². The van der Waals surface area contributed by atoms with E-state index < -0.39 is 22.5 Å². The summed E-state index contributed by atoms with van der Waals surface area (Å²) in [6.07, 6.45) is 0. The van der Waals surface area contributed by atoms with E-state index in [4.69, 9.17) is 0 Å². The van der Waals surface area contributed by atoms with Crippen LogP contribution in [0.15, 0.2) is 48.5 Å². The van der Waals surface area contributed by atoms with Gasteiger partial charge in [0.2, 0.25) is 0 Å². The second-order valence-corrected chi connectivity index (χ2v) is 7.31. The van der Waals surface area contributed by atoms with Crippen molar-refractivity contribution < 1.29 is 17.8 Å². The number of nitrogens with one attached hydrogen (secondary N) is 1. The number of benzene rings is 2. The lowest BCUT2D eigenvalue weighted by Gasteiger charge is -2.11. The number of carbonyl (C=O) groups excluding carboxylic acids is 1. The minimum absolute atomic E-state index is 0.283. The van der Waals surface area contributed by atoms with Gasteiger partial charge in [-0.25, -0.2) is 13.5 Å². The molecule has 5 nitrogen and oxygen atoms in total. The molecule has 1 N–H and O–H groups in total. The molecule has 4 rings (SSSR count). The Balaban J connectivity index is 1.74. The van der Waals surface area contributed by atoms with Gasteiger partial charge < -0.3 is 5.32 Å². The molecule has 8 heteroatoms. The molecule has 3 aromatic rings. The van der Waals surface area contributed by atoms with E-state index in [0.717, 1.165) is 0 Å². The largest absolute Gasteiger partial charge is 0.306 e. The van der Waals surface area contributed by atoms with Crippen molar-refractivity contribution in [3.8, 4) is 5.69 Å². The molecule has 1 aliphatic heterocycles. The number of hydrogen-bond donors (Lipinski definition) is 1. The van der Waals surface area contributed by atoms with E-state index in [2.05, 4.69) is 10.4 Å². The van der Waals surface area contributed by atoms with Crippen LogP contribution in [0.25, 0.3) is 5.69 Å². The van der Waals surface area contributed by atoms with Crippen LogP contribution >= 0.6 is 0 Å². The molecule has 1 aromatic heterocycles. The zero-order valence-electron chi connectivity index (χ0n) is 13.4. The van der Waals surface area contributed by atoms with Crippen molar-refractivity contribution in [2.45, 2.75) is 11.5 Å². The summed E-state index contributed by atoms with van der Waals surface area (Å²) in [5.41, 5.74) is 2.19. The molecule has 132 valence electrons. The number of anilines is 1. The Kier molecular flexibility index (Phi) is 4.12. The van der Waals surface area contributed by atoms with E-state index in [1.165, 1.54) is 41.1 Å². The number of carbonyl (C=O) groups is 1. The molecule has 0 bridgehead atoms. The fourth-order valence-electron chi connectivity index (χ4n) is 2.81. The van der Waals surface area contributed by atoms with E-state index in [9.17, 15) is 17.8 Å². The summed E-state index contributed by atoms with van der Waals surface area (Å²) in [5.74, 6) is -0.264. The van der Waals surface area contributed by atoms with Crippen molar-refractivity contribution in [3.05, 3.63) is 77.0 Å². The summed E-state index contributed by atoms with van der Waals surface area (Å²) in [6, 6.07) is 10.8. The number of rotatable bonds is 3. The molecular weight excluding hydrogens is 360 g/mol. The predicted molar refractivity (Wildman–Crippen MR) is 93.4 cm³/mol. The first kappa shape index (κ1) is 16.6. The average Bonchev–Trinajstić information content (AvgIpc) is 3.13. The number of halogens is 2. The molecule has 2 aromatic carbocycles. The maximum Gasteiger partial charge on any atom is 0.256 e. The van der Waals surface area contributed by atoms with E-state index >= 15 is 0 Å². The minimum Gasteiger partial charge on any atom is -0.306 e. The van der Waals surface area contributed by atoms with Gasteiger partial charge in [0.15, 0.2) is 0 Å². The van der Waals surface area contributed by atoms with Crippen molar-refractivity contribution in [3.63, 3.8) is 0 Å². The Labute approximate surface area is 150 Å². The quantitative estimate of drug-likeness (QED) is 0.767. The van der Waals surface area contributed by atoms with Gasteiger partial charge in [-0.2, -0.15) is 5.10 Å². The summed E-state index contributed by atoms with van der Waals surface area (Å²) >= 11 is 0. The maximum atomic E-state index is 13.2. The van der Waals surface area contributed by atoms with Crippen LogP contribution in [0.5, 0.6) is 0 Å². The van der Waals surface area contributed by atoms with E-state index in [1.54, 1.807) is 12.1 Å². The molecule has 0 aliphatic carbocycles. The molecule has 0 fully saturated rings. The monoisotopic (exact) mass is 373 g/mol. The van der Waals surface area contributed by atoms with Crippen molar-refractivity contribution in [2.24, 2.45) is 0 Å². The Morgan fingerprint density at radius 2 is 1.62 bits per heavy atom. The third-order valence-electron chi connectivity index (χ3n) is 4.08. The lowest BCUT2D eigenvalue weighted by atomic mass is 10.2. The van der Waals surface area contributed by atoms with Gasteiger partial charge in [-0.15, -0.1) is 0 Å². The smallest absolute Gasteiger partial charge is 0.256 e. The second kappa shape index (κ2) is 6.45. The lowest BCUT2D eigenvalue weighted by Crippen LogP contribution is -2.16. The van der Waals surface area contributed by atoms with Crippen molar-refractivity contribution in [1.29, 1.82) is 0 Å². The van der Waals surface area contributed by atoms with Crippen LogP contribution in [0.2, 0.25) is 0 Å². The number of amides is 1. The van der Waals surface area contributed by atoms with E-state index in [1.807, 2.05) is 0 Å². The highest BCUT2D eigenvalue weighted by Gasteiger charge is 2.28. The highest BCUT2D eigenvalue weighted by molar-refractivity contribution is 7.83.